The average molecular weight is 532 g/mol. The fourth-order valence-electron chi connectivity index (χ4n) is 4.46. The number of fused-ring (bicyclic) bond motifs is 1. The number of carbonyl (C=O) groups is 2. The number of carbonyl (C=O) groups excluding carboxylic acids is 2. The lowest BCUT2D eigenvalue weighted by molar-refractivity contribution is -0.130. The maximum Gasteiger partial charge on any atom is 0.290 e. The van der Waals surface area contributed by atoms with E-state index in [1.54, 1.807) is 19.2 Å². The maximum absolute atomic E-state index is 13.7. The molecule has 1 aliphatic rings. The van der Waals surface area contributed by atoms with Crippen molar-refractivity contribution in [3.8, 4) is 5.75 Å². The molecule has 1 amide bonds. The lowest BCUT2D eigenvalue weighted by Crippen LogP contribution is -2.30. The molecule has 35 heavy (non-hydrogen) atoms. The van der Waals surface area contributed by atoms with Crippen LogP contribution in [-0.4, -0.2) is 28.8 Å². The predicted octanol–water partition coefficient (Wildman–Crippen LogP) is 6.29. The molecule has 0 spiro atoms. The van der Waals surface area contributed by atoms with E-state index in [-0.39, 0.29) is 17.9 Å². The lowest BCUT2D eigenvalue weighted by Gasteiger charge is -2.27. The van der Waals surface area contributed by atoms with E-state index in [2.05, 4.69) is 15.9 Å². The maximum atomic E-state index is 13.7. The SMILES string of the molecule is COc1cccc(CN2C(=O)C(O)=C(C(=O)c3cc4cc(Br)ccc4o3)C2c2cccc(C)c2)c1. The van der Waals surface area contributed by atoms with Crippen LogP contribution in [0.5, 0.6) is 5.75 Å². The molecule has 7 heteroatoms. The van der Waals surface area contributed by atoms with Crippen LogP contribution in [0.15, 0.2) is 93.0 Å². The molecule has 4 aromatic rings. The molecule has 1 unspecified atom stereocenters. The Morgan fingerprint density at radius 1 is 1.09 bits per heavy atom. The van der Waals surface area contributed by atoms with Gasteiger partial charge in [-0.05, 0) is 54.4 Å². The van der Waals surface area contributed by atoms with Crippen molar-refractivity contribution < 1.29 is 23.8 Å². The molecule has 0 saturated carbocycles. The van der Waals surface area contributed by atoms with Gasteiger partial charge in [-0.1, -0.05) is 57.9 Å². The van der Waals surface area contributed by atoms with E-state index in [4.69, 9.17) is 9.15 Å². The molecule has 0 bridgehead atoms. The van der Waals surface area contributed by atoms with Crippen LogP contribution in [0.4, 0.5) is 0 Å². The smallest absolute Gasteiger partial charge is 0.290 e. The molecule has 6 nitrogen and oxygen atoms in total. The number of benzene rings is 3. The third kappa shape index (κ3) is 4.23. The highest BCUT2D eigenvalue weighted by Crippen LogP contribution is 2.41. The summed E-state index contributed by atoms with van der Waals surface area (Å²) in [5, 5.41) is 11.7. The van der Waals surface area contributed by atoms with Gasteiger partial charge in [0, 0.05) is 16.4 Å². The number of ketones is 1. The predicted molar refractivity (Wildman–Crippen MR) is 135 cm³/mol. The molecule has 0 aliphatic carbocycles. The zero-order valence-corrected chi connectivity index (χ0v) is 20.7. The summed E-state index contributed by atoms with van der Waals surface area (Å²) < 4.78 is 12.0. The number of rotatable bonds is 6. The highest BCUT2D eigenvalue weighted by Gasteiger charge is 2.44. The first-order valence-electron chi connectivity index (χ1n) is 11.0. The third-order valence-corrected chi connectivity index (χ3v) is 6.59. The first-order chi connectivity index (χ1) is 16.9. The number of aliphatic hydroxyl groups is 1. The van der Waals surface area contributed by atoms with Gasteiger partial charge in [-0.15, -0.1) is 0 Å². The molecule has 176 valence electrons. The summed E-state index contributed by atoms with van der Waals surface area (Å²) in [5.74, 6) is -0.980. The molecule has 0 saturated heterocycles. The standard InChI is InChI=1S/C28H22BrNO5/c1-16-5-3-7-18(11-16)25-24(26(31)23-14-19-13-20(29)9-10-22(19)35-23)27(32)28(33)30(25)15-17-6-4-8-21(12-17)34-2/h3-14,25,32H,15H2,1-2H3. The summed E-state index contributed by atoms with van der Waals surface area (Å²) in [6, 6.07) is 21.2. The second kappa shape index (κ2) is 9.07. The van der Waals surface area contributed by atoms with Crippen LogP contribution in [0.3, 0.4) is 0 Å². The highest BCUT2D eigenvalue weighted by atomic mass is 79.9. The normalized spacial score (nSPS) is 15.8. The number of amides is 1. The minimum absolute atomic E-state index is 0.00150. The molecular weight excluding hydrogens is 510 g/mol. The average Bonchev–Trinajstić information content (AvgIpc) is 3.38. The van der Waals surface area contributed by atoms with E-state index in [1.807, 2.05) is 67.6 Å². The molecule has 1 aromatic heterocycles. The zero-order chi connectivity index (χ0) is 24.7. The highest BCUT2D eigenvalue weighted by molar-refractivity contribution is 9.10. The van der Waals surface area contributed by atoms with Crippen LogP contribution in [-0.2, 0) is 11.3 Å². The number of methoxy groups -OCH3 is 1. The Bertz CT molecular complexity index is 1500. The van der Waals surface area contributed by atoms with Gasteiger partial charge in [0.25, 0.3) is 5.91 Å². The first kappa shape index (κ1) is 22.9. The zero-order valence-electron chi connectivity index (χ0n) is 19.1. The summed E-state index contributed by atoms with van der Waals surface area (Å²) in [7, 11) is 1.58. The summed E-state index contributed by atoms with van der Waals surface area (Å²) >= 11 is 3.42. The van der Waals surface area contributed by atoms with Gasteiger partial charge in [-0.2, -0.15) is 0 Å². The number of furan rings is 1. The second-order valence-corrected chi connectivity index (χ2v) is 9.40. The van der Waals surface area contributed by atoms with Crippen molar-refractivity contribution in [2.75, 3.05) is 7.11 Å². The molecule has 1 N–H and O–H groups in total. The Kier molecular flexibility index (Phi) is 5.94. The largest absolute Gasteiger partial charge is 0.503 e. The van der Waals surface area contributed by atoms with Crippen LogP contribution in [0.25, 0.3) is 11.0 Å². The molecule has 2 heterocycles. The van der Waals surface area contributed by atoms with E-state index in [1.165, 1.54) is 4.90 Å². The van der Waals surface area contributed by atoms with Gasteiger partial charge in [-0.25, -0.2) is 0 Å². The first-order valence-corrected chi connectivity index (χ1v) is 11.8. The Balaban J connectivity index is 1.59. The molecular formula is C28H22BrNO5. The number of aliphatic hydroxyl groups excluding tert-OH is 1. The number of hydrogen-bond acceptors (Lipinski definition) is 5. The Hall–Kier alpha value is -3.84. The molecule has 0 fully saturated rings. The summed E-state index contributed by atoms with van der Waals surface area (Å²) in [4.78, 5) is 28.5. The van der Waals surface area contributed by atoms with Gasteiger partial charge in [0.1, 0.15) is 11.3 Å². The van der Waals surface area contributed by atoms with E-state index in [9.17, 15) is 14.7 Å². The number of halogens is 1. The topological polar surface area (TPSA) is 80.0 Å². The van der Waals surface area contributed by atoms with Crippen molar-refractivity contribution in [1.82, 2.24) is 4.90 Å². The molecule has 3 aromatic carbocycles. The van der Waals surface area contributed by atoms with Crippen LogP contribution in [0, 0.1) is 6.92 Å². The Morgan fingerprint density at radius 2 is 1.89 bits per heavy atom. The summed E-state index contributed by atoms with van der Waals surface area (Å²) in [6.45, 7) is 2.12. The van der Waals surface area contributed by atoms with Gasteiger partial charge in [0.2, 0.25) is 5.78 Å². The summed E-state index contributed by atoms with van der Waals surface area (Å²) in [6.07, 6.45) is 0. The van der Waals surface area contributed by atoms with E-state index in [0.717, 1.165) is 26.5 Å². The quantitative estimate of drug-likeness (QED) is 0.295. The van der Waals surface area contributed by atoms with Crippen molar-refractivity contribution in [1.29, 1.82) is 0 Å². The Morgan fingerprint density at radius 3 is 2.66 bits per heavy atom. The van der Waals surface area contributed by atoms with Crippen molar-refractivity contribution in [3.05, 3.63) is 111 Å². The molecule has 0 radical (unpaired) electrons. The fraction of sp³-hybridized carbons (Fsp3) is 0.143. The van der Waals surface area contributed by atoms with Crippen molar-refractivity contribution >= 4 is 38.6 Å². The van der Waals surface area contributed by atoms with Crippen molar-refractivity contribution in [2.45, 2.75) is 19.5 Å². The third-order valence-electron chi connectivity index (χ3n) is 6.10. The molecule has 5 rings (SSSR count). The van der Waals surface area contributed by atoms with Crippen molar-refractivity contribution in [2.24, 2.45) is 0 Å². The van der Waals surface area contributed by atoms with Crippen LogP contribution < -0.4 is 4.74 Å². The second-order valence-electron chi connectivity index (χ2n) is 8.49. The number of hydrogen-bond donors (Lipinski definition) is 1. The van der Waals surface area contributed by atoms with E-state index < -0.39 is 23.5 Å². The van der Waals surface area contributed by atoms with Gasteiger partial charge in [0.15, 0.2) is 11.5 Å². The van der Waals surface area contributed by atoms with Gasteiger partial charge in [-0.3, -0.25) is 9.59 Å². The minimum Gasteiger partial charge on any atom is -0.503 e. The van der Waals surface area contributed by atoms with Gasteiger partial charge >= 0.3 is 0 Å². The van der Waals surface area contributed by atoms with Crippen LogP contribution >= 0.6 is 15.9 Å². The van der Waals surface area contributed by atoms with Crippen LogP contribution in [0.2, 0.25) is 0 Å². The molecule has 1 atom stereocenters. The Labute approximate surface area is 210 Å². The number of ether oxygens (including phenoxy) is 1. The van der Waals surface area contributed by atoms with Crippen LogP contribution in [0.1, 0.15) is 33.3 Å². The van der Waals surface area contributed by atoms with E-state index >= 15 is 0 Å². The number of Topliss-reactive ketones (excluding diaryl/α,β-unsaturated/α-hetero) is 1. The minimum atomic E-state index is -0.777. The lowest BCUT2D eigenvalue weighted by atomic mass is 9.94. The number of nitrogens with zero attached hydrogens (tertiary/aromatic N) is 1. The van der Waals surface area contributed by atoms with E-state index in [0.29, 0.717) is 11.3 Å². The van der Waals surface area contributed by atoms with Crippen molar-refractivity contribution in [3.63, 3.8) is 0 Å². The fourth-order valence-corrected chi connectivity index (χ4v) is 4.84. The monoisotopic (exact) mass is 531 g/mol. The number of aryl methyl sites for hydroxylation is 1. The molecule has 1 aliphatic heterocycles. The van der Waals surface area contributed by atoms with Gasteiger partial charge < -0.3 is 19.2 Å². The van der Waals surface area contributed by atoms with Gasteiger partial charge in [0.05, 0.1) is 18.7 Å². The summed E-state index contributed by atoms with van der Waals surface area (Å²) in [5.41, 5.74) is 3.06.